The zero-order valence-corrected chi connectivity index (χ0v) is 18.6. The van der Waals surface area contributed by atoms with Crippen molar-refractivity contribution in [2.24, 2.45) is 0 Å². The number of ether oxygens (including phenoxy) is 1. The second-order valence-electron chi connectivity index (χ2n) is 7.48. The smallest absolute Gasteiger partial charge is 0.356 e. The number of aromatic nitrogens is 4. The highest BCUT2D eigenvalue weighted by molar-refractivity contribution is 7.53. The molecule has 0 amide bonds. The van der Waals surface area contributed by atoms with Gasteiger partial charge in [-0.15, -0.1) is 0 Å². The van der Waals surface area contributed by atoms with Gasteiger partial charge in [-0.25, -0.2) is 4.98 Å². The molecule has 3 rings (SSSR count). The summed E-state index contributed by atoms with van der Waals surface area (Å²) in [6, 6.07) is 0.0378. The molecule has 0 spiro atoms. The molecule has 2 N–H and O–H groups in total. The lowest BCUT2D eigenvalue weighted by molar-refractivity contribution is 0.0670. The number of imidazole rings is 1. The molecule has 1 aliphatic rings. The summed E-state index contributed by atoms with van der Waals surface area (Å²) in [5.74, 6) is 0.108. The minimum absolute atomic E-state index is 0.0378. The van der Waals surface area contributed by atoms with E-state index in [1.165, 1.54) is 0 Å². The number of anilines is 1. The molecule has 0 radical (unpaired) electrons. The maximum absolute atomic E-state index is 12.9. The van der Waals surface area contributed by atoms with Crippen LogP contribution in [0.3, 0.4) is 0 Å². The lowest BCUT2D eigenvalue weighted by atomic mass is 10.0. The zero-order chi connectivity index (χ0) is 21.2. The van der Waals surface area contributed by atoms with Crippen molar-refractivity contribution in [3.8, 4) is 0 Å². The van der Waals surface area contributed by atoms with Crippen LogP contribution in [0, 0.1) is 0 Å². The lowest BCUT2D eigenvalue weighted by Crippen LogP contribution is -2.21. The van der Waals surface area contributed by atoms with Crippen LogP contribution in [0.1, 0.15) is 46.6 Å². The molecule has 11 heteroatoms. The molecule has 1 aliphatic carbocycles. The fraction of sp³-hybridized carbons (Fsp3) is 0.611. The molecule has 0 fully saturated rings. The highest BCUT2D eigenvalue weighted by atomic mass is 35.5. The molecule has 160 valence electrons. The van der Waals surface area contributed by atoms with Gasteiger partial charge >= 0.3 is 7.60 Å². The van der Waals surface area contributed by atoms with E-state index in [0.29, 0.717) is 11.2 Å². The van der Waals surface area contributed by atoms with E-state index < -0.39 is 7.60 Å². The topological polar surface area (TPSA) is 114 Å². The molecule has 2 heterocycles. The van der Waals surface area contributed by atoms with E-state index in [-0.39, 0.29) is 41.8 Å². The number of allylic oxidation sites excluding steroid dienone is 1. The molecule has 29 heavy (non-hydrogen) atoms. The van der Waals surface area contributed by atoms with Gasteiger partial charge in [-0.3, -0.25) is 4.57 Å². The first-order chi connectivity index (χ1) is 13.7. The third-order valence-corrected chi connectivity index (χ3v) is 6.45. The van der Waals surface area contributed by atoms with Gasteiger partial charge in [-0.2, -0.15) is 9.97 Å². The summed E-state index contributed by atoms with van der Waals surface area (Å²) in [4.78, 5) is 12.5. The van der Waals surface area contributed by atoms with E-state index in [2.05, 4.69) is 15.0 Å². The van der Waals surface area contributed by atoms with Crippen LogP contribution in [0.25, 0.3) is 11.2 Å². The minimum atomic E-state index is -3.32. The average Bonchev–Trinajstić information content (AvgIpc) is 3.03. The summed E-state index contributed by atoms with van der Waals surface area (Å²) in [6.45, 7) is 7.28. The Morgan fingerprint density at radius 3 is 2.48 bits per heavy atom. The van der Waals surface area contributed by atoms with Crippen molar-refractivity contribution in [1.82, 2.24) is 19.5 Å². The third-order valence-electron chi connectivity index (χ3n) is 4.24. The maximum atomic E-state index is 12.9. The molecular formula is C18H27ClN5O4P. The first-order valence-electron chi connectivity index (χ1n) is 9.58. The van der Waals surface area contributed by atoms with Crippen LogP contribution < -0.4 is 5.73 Å². The van der Waals surface area contributed by atoms with Crippen LogP contribution >= 0.6 is 19.2 Å². The van der Waals surface area contributed by atoms with Crippen molar-refractivity contribution in [3.05, 3.63) is 23.6 Å². The lowest BCUT2D eigenvalue weighted by Gasteiger charge is -2.27. The second-order valence-corrected chi connectivity index (χ2v) is 9.74. The van der Waals surface area contributed by atoms with Gasteiger partial charge in [0.05, 0.1) is 30.7 Å². The summed E-state index contributed by atoms with van der Waals surface area (Å²) in [6.07, 6.45) is 6.46. The summed E-state index contributed by atoms with van der Waals surface area (Å²) in [5.41, 5.74) is 6.83. The minimum Gasteiger partial charge on any atom is -0.368 e. The Labute approximate surface area is 175 Å². The molecule has 2 atom stereocenters. The Kier molecular flexibility index (Phi) is 6.96. The van der Waals surface area contributed by atoms with Crippen molar-refractivity contribution in [3.63, 3.8) is 0 Å². The Morgan fingerprint density at radius 2 is 1.90 bits per heavy atom. The van der Waals surface area contributed by atoms with Crippen LogP contribution in [-0.2, 0) is 18.3 Å². The van der Waals surface area contributed by atoms with Crippen LogP contribution in [-0.4, -0.2) is 44.2 Å². The van der Waals surface area contributed by atoms with Crippen LogP contribution in [0.4, 0.5) is 5.95 Å². The average molecular weight is 444 g/mol. The molecule has 0 saturated heterocycles. The molecule has 0 unspecified atom stereocenters. The zero-order valence-electron chi connectivity index (χ0n) is 17.0. The number of nitrogen functional groups attached to an aromatic ring is 1. The van der Waals surface area contributed by atoms with Crippen LogP contribution in [0.5, 0.6) is 0 Å². The van der Waals surface area contributed by atoms with E-state index in [9.17, 15) is 4.57 Å². The SMILES string of the molecule is CC(C)OP(=O)(CO[C@@H]1C=C[C@H](n2cnc3c(Cl)nc(N)nc32)CC1)OC(C)C. The first kappa shape index (κ1) is 22.2. The van der Waals surface area contributed by atoms with Gasteiger partial charge in [0.2, 0.25) is 5.95 Å². The van der Waals surface area contributed by atoms with E-state index in [4.69, 9.17) is 31.1 Å². The third kappa shape index (κ3) is 5.55. The van der Waals surface area contributed by atoms with E-state index in [1.807, 2.05) is 44.4 Å². The Morgan fingerprint density at radius 1 is 1.21 bits per heavy atom. The quantitative estimate of drug-likeness (QED) is 0.364. The molecule has 0 aromatic carbocycles. The first-order valence-corrected chi connectivity index (χ1v) is 11.7. The largest absolute Gasteiger partial charge is 0.368 e. The number of rotatable bonds is 8. The van der Waals surface area contributed by atoms with Gasteiger partial charge in [-0.1, -0.05) is 23.8 Å². The fourth-order valence-corrected chi connectivity index (χ4v) is 5.26. The highest BCUT2D eigenvalue weighted by Gasteiger charge is 2.30. The predicted octanol–water partition coefficient (Wildman–Crippen LogP) is 4.34. The number of hydrogen-bond acceptors (Lipinski definition) is 8. The predicted molar refractivity (Wildman–Crippen MR) is 112 cm³/mol. The fourth-order valence-electron chi connectivity index (χ4n) is 3.21. The Balaban J connectivity index is 1.67. The van der Waals surface area contributed by atoms with Gasteiger partial charge in [0.1, 0.15) is 11.9 Å². The normalized spacial score (nSPS) is 20.2. The molecule has 0 aliphatic heterocycles. The van der Waals surface area contributed by atoms with E-state index in [0.717, 1.165) is 12.8 Å². The number of halogens is 1. The van der Waals surface area contributed by atoms with Gasteiger partial charge in [-0.05, 0) is 40.5 Å². The highest BCUT2D eigenvalue weighted by Crippen LogP contribution is 2.50. The van der Waals surface area contributed by atoms with Crippen molar-refractivity contribution in [1.29, 1.82) is 0 Å². The monoisotopic (exact) mass is 443 g/mol. The second kappa shape index (κ2) is 9.10. The molecule has 0 saturated carbocycles. The van der Waals surface area contributed by atoms with Gasteiger partial charge in [0, 0.05) is 0 Å². The number of nitrogens with two attached hydrogens (primary N) is 1. The standard InChI is InChI=1S/C18H27ClN5O4P/c1-11(2)27-29(25,28-12(3)4)10-26-14-7-5-13(6-8-14)24-9-21-15-16(19)22-18(20)23-17(15)24/h5,7,9,11-14H,6,8,10H2,1-4H3,(H2,20,22,23)/t13-,14+/m0/s1. The van der Waals surface area contributed by atoms with E-state index >= 15 is 0 Å². The van der Waals surface area contributed by atoms with Gasteiger partial charge in [0.15, 0.2) is 10.8 Å². The van der Waals surface area contributed by atoms with Gasteiger partial charge < -0.3 is 24.1 Å². The van der Waals surface area contributed by atoms with Crippen molar-refractivity contribution < 1.29 is 18.3 Å². The molecule has 2 aromatic heterocycles. The maximum Gasteiger partial charge on any atom is 0.356 e. The molecule has 9 nitrogen and oxygen atoms in total. The van der Waals surface area contributed by atoms with Crippen molar-refractivity contribution >= 4 is 36.3 Å². The number of fused-ring (bicyclic) bond motifs is 1. The summed E-state index contributed by atoms with van der Waals surface area (Å²) in [5, 5.41) is 0.235. The van der Waals surface area contributed by atoms with Crippen LogP contribution in [0.15, 0.2) is 18.5 Å². The molecule has 2 aromatic rings. The van der Waals surface area contributed by atoms with Crippen molar-refractivity contribution in [2.45, 2.75) is 64.9 Å². The summed E-state index contributed by atoms with van der Waals surface area (Å²) in [7, 11) is -3.32. The van der Waals surface area contributed by atoms with Gasteiger partial charge in [0.25, 0.3) is 0 Å². The molecule has 0 bridgehead atoms. The number of hydrogen-bond donors (Lipinski definition) is 1. The molecular weight excluding hydrogens is 417 g/mol. The summed E-state index contributed by atoms with van der Waals surface area (Å²) < 4.78 is 31.7. The van der Waals surface area contributed by atoms with Crippen LogP contribution in [0.2, 0.25) is 5.15 Å². The number of nitrogens with zero attached hydrogens (tertiary/aromatic N) is 4. The Hall–Kier alpha value is -1.51. The van der Waals surface area contributed by atoms with E-state index in [1.54, 1.807) is 6.33 Å². The summed E-state index contributed by atoms with van der Waals surface area (Å²) >= 11 is 6.10. The van der Waals surface area contributed by atoms with Crippen molar-refractivity contribution in [2.75, 3.05) is 12.1 Å². The Bertz CT molecular complexity index is 918.